The van der Waals surface area contributed by atoms with E-state index in [9.17, 15) is 0 Å². The van der Waals surface area contributed by atoms with Gasteiger partial charge in [-0.1, -0.05) is 53.4 Å². The van der Waals surface area contributed by atoms with Crippen LogP contribution in [0.2, 0.25) is 0 Å². The lowest BCUT2D eigenvalue weighted by molar-refractivity contribution is -0.0938. The van der Waals surface area contributed by atoms with Gasteiger partial charge < -0.3 is 0 Å². The van der Waals surface area contributed by atoms with Crippen LogP contribution in [0.3, 0.4) is 0 Å². The van der Waals surface area contributed by atoms with Crippen molar-refractivity contribution in [3.8, 4) is 0 Å². The minimum Gasteiger partial charge on any atom is -0.160 e. The van der Waals surface area contributed by atoms with Crippen molar-refractivity contribution in [2.45, 2.75) is 156 Å². The molecule has 0 N–H and O–H groups in total. The molecule has 222 valence electrons. The van der Waals surface area contributed by atoms with Crippen LogP contribution in [0, 0.1) is 69.0 Å². The Morgan fingerprint density at radius 3 is 1.35 bits per heavy atom. The first-order valence-electron chi connectivity index (χ1n) is 18.4. The van der Waals surface area contributed by atoms with Gasteiger partial charge in [-0.3, -0.25) is 0 Å². The molecule has 8 rings (SSSR count). The van der Waals surface area contributed by atoms with Gasteiger partial charge in [0.05, 0.1) is 0 Å². The van der Waals surface area contributed by atoms with Crippen LogP contribution in [-0.2, 0) is 0 Å². The predicted octanol–water partition coefficient (Wildman–Crippen LogP) is 10.6. The predicted molar refractivity (Wildman–Crippen MR) is 168 cm³/mol. The zero-order valence-corrected chi connectivity index (χ0v) is 26.7. The summed E-state index contributed by atoms with van der Waals surface area (Å²) in [6.07, 6.45) is 29.0. The van der Waals surface area contributed by atoms with Crippen molar-refractivity contribution in [1.29, 1.82) is 0 Å². The molecule has 2 nitrogen and oxygen atoms in total. The Morgan fingerprint density at radius 1 is 0.450 bits per heavy atom. The monoisotopic (exact) mass is 544 g/mol. The van der Waals surface area contributed by atoms with E-state index in [1.165, 1.54) is 140 Å². The summed E-state index contributed by atoms with van der Waals surface area (Å²) in [5, 5.41) is 10.6. The van der Waals surface area contributed by atoms with Gasteiger partial charge in [-0.2, -0.15) is 10.2 Å². The van der Waals surface area contributed by atoms with E-state index in [2.05, 4.69) is 27.7 Å². The molecule has 0 spiro atoms. The fourth-order valence-corrected chi connectivity index (χ4v) is 14.6. The van der Waals surface area contributed by atoms with Gasteiger partial charge >= 0.3 is 0 Å². The third kappa shape index (κ3) is 3.64. The van der Waals surface area contributed by atoms with Gasteiger partial charge in [0, 0.05) is 22.3 Å². The van der Waals surface area contributed by atoms with Crippen LogP contribution in [0.1, 0.15) is 156 Å². The molecule has 0 amide bonds. The maximum atomic E-state index is 5.32. The molecule has 8 fully saturated rings. The first-order valence-corrected chi connectivity index (χ1v) is 18.4. The van der Waals surface area contributed by atoms with Gasteiger partial charge in [-0.25, -0.2) is 0 Å². The molecule has 0 radical (unpaired) electrons. The molecule has 0 aromatic rings. The molecule has 8 saturated carbocycles. The SMILES string of the molecule is CC12CCC3C(CCC4CCCCC43C)C1CC/C2=N\N=C1/CCC2C3CCC4CCCCC4(C)C3CCC12C. The third-order valence-electron chi connectivity index (χ3n) is 16.9. The Labute approximate surface area is 246 Å². The van der Waals surface area contributed by atoms with Crippen LogP contribution >= 0.6 is 0 Å². The van der Waals surface area contributed by atoms with E-state index in [1.807, 2.05) is 0 Å². The van der Waals surface area contributed by atoms with Crippen LogP contribution in [0.5, 0.6) is 0 Å². The van der Waals surface area contributed by atoms with E-state index < -0.39 is 0 Å². The lowest BCUT2D eigenvalue weighted by Crippen LogP contribution is -2.53. The standard InChI is InChI=1S/C38H60N2/c1-35-21-7-5-9-25(35)11-13-27-29-15-17-33(37(29,3)23-19-31(27)35)39-40-34-18-16-30-28-14-12-26-10-6-8-22-36(26,2)32(28)20-24-38(30,34)4/h25-32H,5-24H2,1-4H3/b39-33+,40-34+. The summed E-state index contributed by atoms with van der Waals surface area (Å²) < 4.78 is 0. The summed E-state index contributed by atoms with van der Waals surface area (Å²) in [4.78, 5) is 0. The van der Waals surface area contributed by atoms with Crippen LogP contribution in [-0.4, -0.2) is 11.4 Å². The molecule has 40 heavy (non-hydrogen) atoms. The van der Waals surface area contributed by atoms with E-state index in [0.717, 1.165) is 47.3 Å². The highest BCUT2D eigenvalue weighted by molar-refractivity contribution is 5.95. The zero-order chi connectivity index (χ0) is 27.3. The molecule has 12 unspecified atom stereocenters. The fourth-order valence-electron chi connectivity index (χ4n) is 14.6. The maximum absolute atomic E-state index is 5.32. The second kappa shape index (κ2) is 9.42. The molecule has 8 aliphatic carbocycles. The van der Waals surface area contributed by atoms with E-state index >= 15 is 0 Å². The first kappa shape index (κ1) is 26.9. The third-order valence-corrected chi connectivity index (χ3v) is 16.9. The molecule has 0 aromatic heterocycles. The molecular weight excluding hydrogens is 484 g/mol. The fraction of sp³-hybridized carbons (Fsp3) is 0.947. The van der Waals surface area contributed by atoms with Crippen LogP contribution in [0.15, 0.2) is 10.2 Å². The molecule has 8 aliphatic rings. The Morgan fingerprint density at radius 2 is 0.900 bits per heavy atom. The average Bonchev–Trinajstić information content (AvgIpc) is 3.47. The Balaban J connectivity index is 1.02. The second-order valence-corrected chi connectivity index (χ2v) is 17.9. The Bertz CT molecular complexity index is 989. The smallest absolute Gasteiger partial charge is 0.0467 e. The lowest BCUT2D eigenvalue weighted by Gasteiger charge is -2.60. The normalized spacial score (nSPS) is 57.5. The minimum atomic E-state index is 0.327. The van der Waals surface area contributed by atoms with Crippen molar-refractivity contribution < 1.29 is 0 Å². The summed E-state index contributed by atoms with van der Waals surface area (Å²) in [6, 6.07) is 0. The van der Waals surface area contributed by atoms with E-state index in [1.54, 1.807) is 0 Å². The summed E-state index contributed by atoms with van der Waals surface area (Å²) in [5.74, 6) is 7.68. The molecule has 2 heteroatoms. The van der Waals surface area contributed by atoms with Gasteiger partial charge in [0.1, 0.15) is 0 Å². The highest BCUT2D eigenvalue weighted by atomic mass is 15.2. The highest BCUT2D eigenvalue weighted by Gasteiger charge is 2.61. The molecule has 0 saturated heterocycles. The maximum Gasteiger partial charge on any atom is 0.0467 e. The zero-order valence-electron chi connectivity index (χ0n) is 26.7. The van der Waals surface area contributed by atoms with Crippen molar-refractivity contribution in [3.63, 3.8) is 0 Å². The van der Waals surface area contributed by atoms with Crippen LogP contribution in [0.25, 0.3) is 0 Å². The number of rotatable bonds is 1. The largest absolute Gasteiger partial charge is 0.160 e. The molecule has 0 aromatic carbocycles. The minimum absolute atomic E-state index is 0.327. The second-order valence-electron chi connectivity index (χ2n) is 17.9. The summed E-state index contributed by atoms with van der Waals surface area (Å²) >= 11 is 0. The summed E-state index contributed by atoms with van der Waals surface area (Å²) in [5.41, 5.74) is 4.96. The molecular formula is C38H60N2. The highest BCUT2D eigenvalue weighted by Crippen LogP contribution is 2.67. The number of hydrogen-bond acceptors (Lipinski definition) is 2. The topological polar surface area (TPSA) is 24.7 Å². The molecule has 0 heterocycles. The van der Waals surface area contributed by atoms with Crippen molar-refractivity contribution >= 4 is 11.4 Å². The Kier molecular flexibility index (Phi) is 6.34. The van der Waals surface area contributed by atoms with E-state index in [0.29, 0.717) is 21.7 Å². The number of hydrogen-bond donors (Lipinski definition) is 0. The van der Waals surface area contributed by atoms with Crippen LogP contribution < -0.4 is 0 Å². The van der Waals surface area contributed by atoms with Gasteiger partial charge in [-0.05, 0) is 161 Å². The lowest BCUT2D eigenvalue weighted by atomic mass is 9.45. The van der Waals surface area contributed by atoms with Gasteiger partial charge in [0.25, 0.3) is 0 Å². The van der Waals surface area contributed by atoms with Crippen LogP contribution in [0.4, 0.5) is 0 Å². The van der Waals surface area contributed by atoms with E-state index in [-0.39, 0.29) is 0 Å². The molecule has 0 aliphatic heterocycles. The number of fused-ring (bicyclic) bond motifs is 10. The van der Waals surface area contributed by atoms with Crippen molar-refractivity contribution in [3.05, 3.63) is 0 Å². The molecule has 12 atom stereocenters. The van der Waals surface area contributed by atoms with E-state index in [4.69, 9.17) is 10.2 Å². The van der Waals surface area contributed by atoms with Gasteiger partial charge in [0.2, 0.25) is 0 Å². The van der Waals surface area contributed by atoms with Crippen molar-refractivity contribution in [1.82, 2.24) is 0 Å². The molecule has 0 bridgehead atoms. The number of nitrogens with zero attached hydrogens (tertiary/aromatic N) is 2. The quantitative estimate of drug-likeness (QED) is 0.293. The summed E-state index contributed by atoms with van der Waals surface area (Å²) in [6.45, 7) is 10.7. The van der Waals surface area contributed by atoms with Gasteiger partial charge in [-0.15, -0.1) is 0 Å². The Hall–Kier alpha value is -0.660. The van der Waals surface area contributed by atoms with Crippen molar-refractivity contribution in [2.24, 2.45) is 79.2 Å². The average molecular weight is 545 g/mol. The van der Waals surface area contributed by atoms with Gasteiger partial charge in [0.15, 0.2) is 0 Å². The summed E-state index contributed by atoms with van der Waals surface area (Å²) in [7, 11) is 0. The van der Waals surface area contributed by atoms with Crippen molar-refractivity contribution in [2.75, 3.05) is 0 Å². The first-order chi connectivity index (χ1) is 19.3.